The number of carbonyl (C=O) groups is 1. The molecule has 0 aromatic rings. The third-order valence-electron chi connectivity index (χ3n) is 1.70. The number of aliphatic hydroxyl groups excluding tert-OH is 1. The lowest BCUT2D eigenvalue weighted by Gasteiger charge is -2.33. The van der Waals surface area contributed by atoms with E-state index in [0.29, 0.717) is 0 Å². The average Bonchev–Trinajstić information content (AvgIpc) is 1.97. The van der Waals surface area contributed by atoms with Crippen LogP contribution in [0.15, 0.2) is 23.7 Å². The Kier molecular flexibility index (Phi) is 2.66. The van der Waals surface area contributed by atoms with E-state index < -0.39 is 35.0 Å². The number of allylic oxidation sites excluding steroid dienone is 1. The Labute approximate surface area is 89.0 Å². The molecule has 0 aliphatic carbocycles. The molecule has 4 nitrogen and oxygen atoms in total. The number of carbonyl (C=O) groups excluding carboxylic acids is 1. The molecule has 0 unspecified atom stereocenters. The van der Waals surface area contributed by atoms with Crippen LogP contribution in [0.1, 0.15) is 13.8 Å². The lowest BCUT2D eigenvalue weighted by molar-refractivity contribution is -0.210. The van der Waals surface area contributed by atoms with Gasteiger partial charge in [-0.3, -0.25) is 0 Å². The number of cyclic esters (lactones) is 1. The molecule has 0 atom stereocenters. The van der Waals surface area contributed by atoms with Crippen molar-refractivity contribution in [1.29, 1.82) is 0 Å². The Morgan fingerprint density at radius 2 is 1.88 bits per heavy atom. The highest BCUT2D eigenvalue weighted by Gasteiger charge is 2.45. The highest BCUT2D eigenvalue weighted by molar-refractivity contribution is 5.94. The number of ether oxygens (including phenoxy) is 2. The van der Waals surface area contributed by atoms with Crippen LogP contribution in [-0.4, -0.2) is 23.0 Å². The van der Waals surface area contributed by atoms with E-state index in [4.69, 9.17) is 9.84 Å². The van der Waals surface area contributed by atoms with Crippen molar-refractivity contribution < 1.29 is 32.5 Å². The maximum absolute atomic E-state index is 12.2. The standard InChI is InChI=1S/C9H9F3O4/c1-4-5(6(13)9(10,11)12)7(14)16-8(2,3)15-4/h13H,1H2,2-3H3/b6-5-. The topological polar surface area (TPSA) is 55.8 Å². The lowest BCUT2D eigenvalue weighted by Crippen LogP contribution is -2.38. The van der Waals surface area contributed by atoms with Gasteiger partial charge in [-0.2, -0.15) is 13.2 Å². The summed E-state index contributed by atoms with van der Waals surface area (Å²) < 4.78 is 45.8. The van der Waals surface area contributed by atoms with Crippen molar-refractivity contribution in [3.8, 4) is 0 Å². The van der Waals surface area contributed by atoms with Crippen LogP contribution in [0.2, 0.25) is 0 Å². The summed E-state index contributed by atoms with van der Waals surface area (Å²) in [6.07, 6.45) is -5.05. The van der Waals surface area contributed by atoms with E-state index in [1.165, 1.54) is 13.8 Å². The maximum atomic E-state index is 12.2. The van der Waals surface area contributed by atoms with Crippen LogP contribution >= 0.6 is 0 Å². The number of esters is 1. The van der Waals surface area contributed by atoms with E-state index in [-0.39, 0.29) is 0 Å². The summed E-state index contributed by atoms with van der Waals surface area (Å²) in [6.45, 7) is 5.80. The Morgan fingerprint density at radius 1 is 1.38 bits per heavy atom. The quantitative estimate of drug-likeness (QED) is 0.399. The number of aliphatic hydroxyl groups is 1. The minimum atomic E-state index is -5.05. The van der Waals surface area contributed by atoms with E-state index in [9.17, 15) is 18.0 Å². The third-order valence-corrected chi connectivity index (χ3v) is 1.70. The molecule has 0 saturated carbocycles. The molecule has 0 amide bonds. The molecule has 0 radical (unpaired) electrons. The fraction of sp³-hybridized carbons (Fsp3) is 0.444. The van der Waals surface area contributed by atoms with Crippen molar-refractivity contribution in [2.24, 2.45) is 0 Å². The molecule has 1 rings (SSSR count). The van der Waals surface area contributed by atoms with Crippen molar-refractivity contribution >= 4 is 5.97 Å². The average molecular weight is 238 g/mol. The molecule has 0 aromatic heterocycles. The van der Waals surface area contributed by atoms with Gasteiger partial charge in [0.15, 0.2) is 0 Å². The van der Waals surface area contributed by atoms with Crippen molar-refractivity contribution in [1.82, 2.24) is 0 Å². The van der Waals surface area contributed by atoms with E-state index in [2.05, 4.69) is 11.3 Å². The second-order valence-corrected chi connectivity index (χ2v) is 3.54. The van der Waals surface area contributed by atoms with Crippen molar-refractivity contribution in [3.05, 3.63) is 23.7 Å². The van der Waals surface area contributed by atoms with Gasteiger partial charge in [-0.25, -0.2) is 4.79 Å². The van der Waals surface area contributed by atoms with Crippen LogP contribution in [0.5, 0.6) is 0 Å². The van der Waals surface area contributed by atoms with Crippen LogP contribution < -0.4 is 0 Å². The molecular formula is C9H9F3O4. The first-order valence-corrected chi connectivity index (χ1v) is 4.16. The summed E-state index contributed by atoms with van der Waals surface area (Å²) in [5, 5.41) is 8.83. The molecular weight excluding hydrogens is 229 g/mol. The Bertz CT molecular complexity index is 357. The molecule has 90 valence electrons. The third kappa shape index (κ3) is 2.29. The van der Waals surface area contributed by atoms with Crippen LogP contribution in [0.25, 0.3) is 0 Å². The molecule has 1 fully saturated rings. The van der Waals surface area contributed by atoms with Gasteiger partial charge in [0.05, 0.1) is 0 Å². The summed E-state index contributed by atoms with van der Waals surface area (Å²) in [5.41, 5.74) is -1.10. The van der Waals surface area contributed by atoms with E-state index in [1.807, 2.05) is 0 Å². The molecule has 1 N–H and O–H groups in total. The molecule has 0 spiro atoms. The highest BCUT2D eigenvalue weighted by Crippen LogP contribution is 2.35. The van der Waals surface area contributed by atoms with Crippen molar-refractivity contribution in [3.63, 3.8) is 0 Å². The van der Waals surface area contributed by atoms with Crippen LogP contribution in [0, 0.1) is 0 Å². The van der Waals surface area contributed by atoms with E-state index in [1.54, 1.807) is 0 Å². The van der Waals surface area contributed by atoms with Crippen molar-refractivity contribution in [2.75, 3.05) is 0 Å². The second kappa shape index (κ2) is 3.43. The monoisotopic (exact) mass is 238 g/mol. The van der Waals surface area contributed by atoms with Gasteiger partial charge in [0, 0.05) is 13.8 Å². The molecule has 1 heterocycles. The zero-order valence-corrected chi connectivity index (χ0v) is 8.51. The predicted octanol–water partition coefficient (Wildman–Crippen LogP) is 2.18. The number of rotatable bonds is 0. The van der Waals surface area contributed by atoms with E-state index >= 15 is 0 Å². The molecule has 1 aliphatic rings. The van der Waals surface area contributed by atoms with Gasteiger partial charge in [0.25, 0.3) is 0 Å². The first-order chi connectivity index (χ1) is 7.04. The summed E-state index contributed by atoms with van der Waals surface area (Å²) in [7, 11) is 0. The minimum Gasteiger partial charge on any atom is -0.504 e. The SMILES string of the molecule is C=C1OC(C)(C)OC(=O)/C1=C(\O)C(F)(F)F. The number of halogens is 3. The molecule has 0 aromatic carbocycles. The minimum absolute atomic E-state index is 0.573. The van der Waals surface area contributed by atoms with Gasteiger partial charge in [-0.05, 0) is 0 Å². The number of hydrogen-bond donors (Lipinski definition) is 1. The van der Waals surface area contributed by atoms with Gasteiger partial charge in [-0.15, -0.1) is 0 Å². The fourth-order valence-corrected chi connectivity index (χ4v) is 1.13. The zero-order chi connectivity index (χ0) is 12.7. The van der Waals surface area contributed by atoms with Crippen LogP contribution in [0.3, 0.4) is 0 Å². The lowest BCUT2D eigenvalue weighted by atomic mass is 10.1. The Hall–Kier alpha value is -1.66. The molecule has 1 saturated heterocycles. The molecule has 16 heavy (non-hydrogen) atoms. The first kappa shape index (κ1) is 12.4. The van der Waals surface area contributed by atoms with Gasteiger partial charge in [0.2, 0.25) is 11.5 Å². The zero-order valence-electron chi connectivity index (χ0n) is 8.51. The number of hydrogen-bond acceptors (Lipinski definition) is 4. The Balaban J connectivity index is 3.18. The normalized spacial score (nSPS) is 23.6. The van der Waals surface area contributed by atoms with Crippen molar-refractivity contribution in [2.45, 2.75) is 25.8 Å². The second-order valence-electron chi connectivity index (χ2n) is 3.54. The highest BCUT2D eigenvalue weighted by atomic mass is 19.4. The summed E-state index contributed by atoms with van der Waals surface area (Å²) in [5.74, 6) is -5.37. The molecule has 7 heteroatoms. The fourth-order valence-electron chi connectivity index (χ4n) is 1.13. The molecule has 1 aliphatic heterocycles. The smallest absolute Gasteiger partial charge is 0.449 e. The number of alkyl halides is 3. The summed E-state index contributed by atoms with van der Waals surface area (Å²) in [4.78, 5) is 11.2. The maximum Gasteiger partial charge on any atom is 0.449 e. The van der Waals surface area contributed by atoms with E-state index in [0.717, 1.165) is 0 Å². The van der Waals surface area contributed by atoms with Gasteiger partial charge in [-0.1, -0.05) is 6.58 Å². The van der Waals surface area contributed by atoms with Crippen LogP contribution in [0.4, 0.5) is 13.2 Å². The largest absolute Gasteiger partial charge is 0.504 e. The molecule has 0 bridgehead atoms. The Morgan fingerprint density at radius 3 is 2.25 bits per heavy atom. The predicted molar refractivity (Wildman–Crippen MR) is 46.1 cm³/mol. The van der Waals surface area contributed by atoms with Gasteiger partial charge >= 0.3 is 12.1 Å². The van der Waals surface area contributed by atoms with Gasteiger partial charge < -0.3 is 14.6 Å². The van der Waals surface area contributed by atoms with Gasteiger partial charge in [0.1, 0.15) is 11.3 Å². The summed E-state index contributed by atoms with van der Waals surface area (Å²) >= 11 is 0. The first-order valence-electron chi connectivity index (χ1n) is 4.16. The summed E-state index contributed by atoms with van der Waals surface area (Å²) in [6, 6.07) is 0. The van der Waals surface area contributed by atoms with Crippen LogP contribution in [-0.2, 0) is 14.3 Å².